The number of hydrogen-bond acceptors (Lipinski definition) is 8. The number of hydrogen-bond donors (Lipinski definition) is 0. The summed E-state index contributed by atoms with van der Waals surface area (Å²) in [7, 11) is 0. The van der Waals surface area contributed by atoms with Crippen molar-refractivity contribution in [1.29, 1.82) is 0 Å². The van der Waals surface area contributed by atoms with Gasteiger partial charge in [0.2, 0.25) is 11.7 Å². The van der Waals surface area contributed by atoms with Crippen LogP contribution in [0.15, 0.2) is 71.3 Å². The molecule has 2 aromatic carbocycles. The number of benzene rings is 2. The Labute approximate surface area is 201 Å². The molecule has 4 rings (SSSR count). The summed E-state index contributed by atoms with van der Waals surface area (Å²) in [6.45, 7) is 1.97. The lowest BCUT2D eigenvalue weighted by Crippen LogP contribution is -2.27. The largest absolute Gasteiger partial charge is 0.492 e. The summed E-state index contributed by atoms with van der Waals surface area (Å²) in [5, 5.41) is 0. The number of anilines is 1. The predicted molar refractivity (Wildman–Crippen MR) is 123 cm³/mol. The van der Waals surface area contributed by atoms with Gasteiger partial charge in [-0.1, -0.05) is 12.1 Å². The molecule has 1 aliphatic heterocycles. The van der Waals surface area contributed by atoms with E-state index in [0.29, 0.717) is 18.0 Å². The number of carbonyl (C=O) groups is 4. The van der Waals surface area contributed by atoms with Crippen LogP contribution >= 0.6 is 0 Å². The maximum absolute atomic E-state index is 12.6. The molecular weight excluding hydrogens is 454 g/mol. The Morgan fingerprint density at radius 2 is 1.80 bits per heavy atom. The minimum atomic E-state index is -0.687. The summed E-state index contributed by atoms with van der Waals surface area (Å²) in [5.74, 6) is -1.76. The van der Waals surface area contributed by atoms with Gasteiger partial charge in [-0.15, -0.1) is 0 Å². The summed E-state index contributed by atoms with van der Waals surface area (Å²) in [6, 6.07) is 16.0. The molecule has 0 aliphatic carbocycles. The van der Waals surface area contributed by atoms with Crippen molar-refractivity contribution in [3.63, 3.8) is 0 Å². The molecule has 1 saturated heterocycles. The van der Waals surface area contributed by atoms with Gasteiger partial charge in [0, 0.05) is 18.5 Å². The molecule has 1 atom stereocenters. The fraction of sp³-hybridized carbons (Fsp3) is 0.231. The van der Waals surface area contributed by atoms with Crippen molar-refractivity contribution in [1.82, 2.24) is 0 Å². The van der Waals surface area contributed by atoms with Gasteiger partial charge in [0.15, 0.2) is 12.4 Å². The first-order valence-electron chi connectivity index (χ1n) is 11.0. The lowest BCUT2D eigenvalue weighted by molar-refractivity contribution is -0.147. The normalized spacial score (nSPS) is 15.1. The SMILES string of the molecule is CCOc1ccccc1N1C[C@@H](C(=O)OCC(=O)c2ccc(OC(=O)c3ccco3)cc2)CC1=O. The molecule has 1 aliphatic rings. The fourth-order valence-electron chi connectivity index (χ4n) is 3.65. The minimum absolute atomic E-state index is 0.0107. The highest BCUT2D eigenvalue weighted by Crippen LogP contribution is 2.33. The maximum Gasteiger partial charge on any atom is 0.379 e. The predicted octanol–water partition coefficient (Wildman–Crippen LogP) is 3.68. The molecule has 1 aromatic heterocycles. The van der Waals surface area contributed by atoms with E-state index in [1.54, 1.807) is 24.3 Å². The molecule has 0 radical (unpaired) electrons. The summed E-state index contributed by atoms with van der Waals surface area (Å²) < 4.78 is 20.9. The van der Waals surface area contributed by atoms with Crippen molar-refractivity contribution < 1.29 is 37.8 Å². The van der Waals surface area contributed by atoms with E-state index in [1.165, 1.54) is 41.5 Å². The lowest BCUT2D eigenvalue weighted by Gasteiger charge is -2.19. The van der Waals surface area contributed by atoms with Crippen LogP contribution < -0.4 is 14.4 Å². The molecule has 0 unspecified atom stereocenters. The smallest absolute Gasteiger partial charge is 0.379 e. The van der Waals surface area contributed by atoms with Crippen molar-refractivity contribution >= 4 is 29.3 Å². The van der Waals surface area contributed by atoms with Gasteiger partial charge in [0.05, 0.1) is 24.5 Å². The number of nitrogens with zero attached hydrogens (tertiary/aromatic N) is 1. The van der Waals surface area contributed by atoms with Crippen LogP contribution in [0, 0.1) is 5.92 Å². The number of para-hydroxylation sites is 2. The van der Waals surface area contributed by atoms with Crippen LogP contribution in [0.25, 0.3) is 0 Å². The molecule has 9 nitrogen and oxygen atoms in total. The van der Waals surface area contributed by atoms with Gasteiger partial charge in [-0.3, -0.25) is 14.4 Å². The van der Waals surface area contributed by atoms with Crippen LogP contribution in [0.5, 0.6) is 11.5 Å². The molecule has 1 fully saturated rings. The lowest BCUT2D eigenvalue weighted by atomic mass is 10.1. The average molecular weight is 477 g/mol. The molecule has 180 valence electrons. The first-order chi connectivity index (χ1) is 17.0. The Balaban J connectivity index is 1.30. The van der Waals surface area contributed by atoms with Gasteiger partial charge in [-0.2, -0.15) is 0 Å². The standard InChI is InChI=1S/C26H23NO8/c1-2-32-22-7-4-3-6-20(22)27-15-18(14-24(27)29)25(30)34-16-21(28)17-9-11-19(12-10-17)35-26(31)23-8-5-13-33-23/h3-13,18H,2,14-16H2,1H3/t18-/m0/s1. The van der Waals surface area contributed by atoms with E-state index in [0.717, 1.165) is 0 Å². The van der Waals surface area contributed by atoms with Crippen LogP contribution in [-0.4, -0.2) is 43.4 Å². The van der Waals surface area contributed by atoms with Crippen molar-refractivity contribution in [3.05, 3.63) is 78.3 Å². The number of carbonyl (C=O) groups excluding carboxylic acids is 4. The van der Waals surface area contributed by atoms with Gasteiger partial charge < -0.3 is 23.5 Å². The van der Waals surface area contributed by atoms with E-state index in [9.17, 15) is 19.2 Å². The number of amides is 1. The molecule has 2 heterocycles. The molecule has 0 N–H and O–H groups in total. The summed E-state index contributed by atoms with van der Waals surface area (Å²) in [4.78, 5) is 51.0. The van der Waals surface area contributed by atoms with Crippen molar-refractivity contribution in [3.8, 4) is 11.5 Å². The van der Waals surface area contributed by atoms with E-state index in [-0.39, 0.29) is 35.9 Å². The summed E-state index contributed by atoms with van der Waals surface area (Å²) in [6.07, 6.45) is 1.35. The molecular formula is C26H23NO8. The zero-order valence-corrected chi connectivity index (χ0v) is 19.0. The Bertz CT molecular complexity index is 1220. The highest BCUT2D eigenvalue weighted by atomic mass is 16.5. The zero-order valence-electron chi connectivity index (χ0n) is 19.0. The zero-order chi connectivity index (χ0) is 24.8. The van der Waals surface area contributed by atoms with E-state index in [4.69, 9.17) is 18.6 Å². The third-order valence-corrected chi connectivity index (χ3v) is 5.37. The van der Waals surface area contributed by atoms with Gasteiger partial charge in [-0.05, 0) is 55.5 Å². The molecule has 0 bridgehead atoms. The molecule has 35 heavy (non-hydrogen) atoms. The molecule has 9 heteroatoms. The van der Waals surface area contributed by atoms with Gasteiger partial charge >= 0.3 is 11.9 Å². The number of rotatable bonds is 9. The van der Waals surface area contributed by atoms with Gasteiger partial charge in [0.1, 0.15) is 11.5 Å². The molecule has 0 saturated carbocycles. The Morgan fingerprint density at radius 1 is 1.03 bits per heavy atom. The van der Waals surface area contributed by atoms with E-state index >= 15 is 0 Å². The number of Topliss-reactive ketones (excluding diaryl/α,β-unsaturated/α-hetero) is 1. The van der Waals surface area contributed by atoms with E-state index in [1.807, 2.05) is 13.0 Å². The summed E-state index contributed by atoms with van der Waals surface area (Å²) >= 11 is 0. The second-order valence-corrected chi connectivity index (χ2v) is 7.73. The molecule has 1 amide bonds. The van der Waals surface area contributed by atoms with Crippen LogP contribution in [0.3, 0.4) is 0 Å². The van der Waals surface area contributed by atoms with Gasteiger partial charge in [-0.25, -0.2) is 4.79 Å². The van der Waals surface area contributed by atoms with Crippen LogP contribution in [0.4, 0.5) is 5.69 Å². The Hall–Kier alpha value is -4.40. The quantitative estimate of drug-likeness (QED) is 0.261. The van der Waals surface area contributed by atoms with E-state index < -0.39 is 30.2 Å². The second-order valence-electron chi connectivity index (χ2n) is 7.73. The topological polar surface area (TPSA) is 112 Å². The number of esters is 2. The van der Waals surface area contributed by atoms with Crippen molar-refractivity contribution in [2.75, 3.05) is 24.7 Å². The maximum atomic E-state index is 12.6. The minimum Gasteiger partial charge on any atom is -0.492 e. The highest BCUT2D eigenvalue weighted by molar-refractivity contribution is 6.01. The van der Waals surface area contributed by atoms with Crippen LogP contribution in [0.2, 0.25) is 0 Å². The average Bonchev–Trinajstić information content (AvgIpc) is 3.54. The monoisotopic (exact) mass is 477 g/mol. The second kappa shape index (κ2) is 10.7. The first-order valence-corrected chi connectivity index (χ1v) is 11.0. The highest BCUT2D eigenvalue weighted by Gasteiger charge is 2.37. The third kappa shape index (κ3) is 5.57. The number of ether oxygens (including phenoxy) is 3. The summed E-state index contributed by atoms with van der Waals surface area (Å²) in [5.41, 5.74) is 0.879. The van der Waals surface area contributed by atoms with Crippen LogP contribution in [-0.2, 0) is 14.3 Å². The molecule has 3 aromatic rings. The number of furan rings is 1. The Kier molecular flexibility index (Phi) is 7.25. The van der Waals surface area contributed by atoms with Crippen molar-refractivity contribution in [2.45, 2.75) is 13.3 Å². The third-order valence-electron chi connectivity index (χ3n) is 5.37. The van der Waals surface area contributed by atoms with Crippen LogP contribution in [0.1, 0.15) is 34.3 Å². The van der Waals surface area contributed by atoms with E-state index in [2.05, 4.69) is 0 Å². The first kappa shape index (κ1) is 23.7. The van der Waals surface area contributed by atoms with Crippen molar-refractivity contribution in [2.24, 2.45) is 5.92 Å². The molecule has 0 spiro atoms. The fourth-order valence-corrected chi connectivity index (χ4v) is 3.65. The Morgan fingerprint density at radius 3 is 2.51 bits per heavy atom. The van der Waals surface area contributed by atoms with Gasteiger partial charge in [0.25, 0.3) is 0 Å². The number of ketones is 1.